The second-order valence-corrected chi connectivity index (χ2v) is 9.63. The fraction of sp³-hybridized carbons (Fsp3) is 0.391. The van der Waals surface area contributed by atoms with Gasteiger partial charge in [-0.15, -0.1) is 11.3 Å². The highest BCUT2D eigenvalue weighted by Gasteiger charge is 2.16. The molecule has 2 aromatic heterocycles. The Kier molecular flexibility index (Phi) is 7.40. The molecule has 1 aromatic carbocycles. The van der Waals surface area contributed by atoms with E-state index in [4.69, 9.17) is 28.6 Å². The van der Waals surface area contributed by atoms with Gasteiger partial charge >= 0.3 is 0 Å². The molecule has 0 spiro atoms. The van der Waals surface area contributed by atoms with E-state index in [9.17, 15) is 4.79 Å². The number of morpholine rings is 1. The lowest BCUT2D eigenvalue weighted by atomic mass is 10.1. The number of hydrogen-bond acceptors (Lipinski definition) is 5. The van der Waals surface area contributed by atoms with Gasteiger partial charge in [0.05, 0.1) is 24.1 Å². The van der Waals surface area contributed by atoms with Gasteiger partial charge in [0, 0.05) is 54.2 Å². The van der Waals surface area contributed by atoms with Crippen molar-refractivity contribution in [2.45, 2.75) is 33.0 Å². The van der Waals surface area contributed by atoms with Crippen LogP contribution in [-0.2, 0) is 35.6 Å². The number of halogens is 1. The maximum absolute atomic E-state index is 12.6. The number of fused-ring (bicyclic) bond motifs is 1. The van der Waals surface area contributed by atoms with E-state index in [-0.39, 0.29) is 12.3 Å². The number of thiophene rings is 1. The van der Waals surface area contributed by atoms with E-state index in [2.05, 4.69) is 27.8 Å². The van der Waals surface area contributed by atoms with Crippen molar-refractivity contribution in [3.05, 3.63) is 62.1 Å². The lowest BCUT2D eigenvalue weighted by molar-refractivity contribution is -0.120. The fourth-order valence-electron chi connectivity index (χ4n) is 3.74. The standard InChI is InChI=1S/C23H26ClN3O2S2/c1-2-27-14-17(11-21(28)25-13-16-3-5-18(24)6-4-16)22(30)20-12-19(31-23(20)27)15-26-7-9-29-10-8-26/h3-6,12,14H,2,7-11,13,15H2,1H3,(H,25,28). The van der Waals surface area contributed by atoms with Crippen LogP contribution in [0.5, 0.6) is 0 Å². The quantitative estimate of drug-likeness (QED) is 0.499. The Labute approximate surface area is 196 Å². The molecule has 0 bridgehead atoms. The number of pyridine rings is 1. The Morgan fingerprint density at radius 2 is 2.00 bits per heavy atom. The molecule has 31 heavy (non-hydrogen) atoms. The Bertz CT molecular complexity index is 1120. The average Bonchev–Trinajstić information content (AvgIpc) is 3.20. The van der Waals surface area contributed by atoms with Crippen LogP contribution in [0, 0.1) is 4.51 Å². The zero-order chi connectivity index (χ0) is 21.8. The van der Waals surface area contributed by atoms with Gasteiger partial charge < -0.3 is 14.6 Å². The molecule has 5 nitrogen and oxygen atoms in total. The summed E-state index contributed by atoms with van der Waals surface area (Å²) < 4.78 is 8.45. The first kappa shape index (κ1) is 22.4. The van der Waals surface area contributed by atoms with E-state index in [0.29, 0.717) is 11.6 Å². The number of hydrogen-bond donors (Lipinski definition) is 1. The molecule has 0 saturated carbocycles. The summed E-state index contributed by atoms with van der Waals surface area (Å²) in [5.41, 5.74) is 1.91. The minimum absolute atomic E-state index is 0.0353. The van der Waals surface area contributed by atoms with E-state index < -0.39 is 0 Å². The van der Waals surface area contributed by atoms with Gasteiger partial charge in [0.15, 0.2) is 0 Å². The number of ether oxygens (including phenoxy) is 1. The number of amides is 1. The largest absolute Gasteiger partial charge is 0.379 e. The SMILES string of the molecule is CCn1cc(CC(=O)NCc2ccc(Cl)cc2)c(=S)c2cc(CN3CCOCC3)sc21. The Hall–Kier alpha value is -1.77. The molecule has 4 rings (SSSR count). The van der Waals surface area contributed by atoms with Crippen molar-refractivity contribution in [1.82, 2.24) is 14.8 Å². The molecule has 0 aliphatic carbocycles. The molecule has 0 atom stereocenters. The van der Waals surface area contributed by atoms with Gasteiger partial charge in [-0.2, -0.15) is 0 Å². The fourth-order valence-corrected chi connectivity index (χ4v) is 5.46. The first-order chi connectivity index (χ1) is 15.0. The molecular weight excluding hydrogens is 450 g/mol. The van der Waals surface area contributed by atoms with Crippen molar-refractivity contribution in [3.8, 4) is 0 Å². The maximum Gasteiger partial charge on any atom is 0.224 e. The lowest BCUT2D eigenvalue weighted by Crippen LogP contribution is -2.35. The van der Waals surface area contributed by atoms with Crippen LogP contribution in [0.2, 0.25) is 5.02 Å². The van der Waals surface area contributed by atoms with E-state index in [1.807, 2.05) is 30.5 Å². The van der Waals surface area contributed by atoms with Crippen LogP contribution in [-0.4, -0.2) is 41.7 Å². The summed E-state index contributed by atoms with van der Waals surface area (Å²) in [6.45, 7) is 7.85. The third-order valence-electron chi connectivity index (χ3n) is 5.45. The van der Waals surface area contributed by atoms with E-state index in [0.717, 1.165) is 60.4 Å². The van der Waals surface area contributed by atoms with Gasteiger partial charge in [-0.1, -0.05) is 36.0 Å². The zero-order valence-electron chi connectivity index (χ0n) is 17.5. The molecular formula is C23H26ClN3O2S2. The van der Waals surface area contributed by atoms with Crippen LogP contribution >= 0.6 is 35.2 Å². The van der Waals surface area contributed by atoms with Gasteiger partial charge in [0.25, 0.3) is 0 Å². The third kappa shape index (κ3) is 5.54. The minimum Gasteiger partial charge on any atom is -0.379 e. The highest BCUT2D eigenvalue weighted by Crippen LogP contribution is 2.30. The van der Waals surface area contributed by atoms with Gasteiger partial charge in [0.2, 0.25) is 5.91 Å². The Morgan fingerprint density at radius 1 is 1.26 bits per heavy atom. The van der Waals surface area contributed by atoms with Crippen molar-refractivity contribution in [2.24, 2.45) is 0 Å². The molecule has 3 aromatic rings. The van der Waals surface area contributed by atoms with E-state index >= 15 is 0 Å². The monoisotopic (exact) mass is 475 g/mol. The summed E-state index contributed by atoms with van der Waals surface area (Å²) in [5.74, 6) is -0.0353. The predicted molar refractivity (Wildman–Crippen MR) is 129 cm³/mol. The molecule has 1 aliphatic rings. The summed E-state index contributed by atoms with van der Waals surface area (Å²) in [4.78, 5) is 17.5. The Morgan fingerprint density at radius 3 is 2.71 bits per heavy atom. The highest BCUT2D eigenvalue weighted by molar-refractivity contribution is 7.71. The number of benzene rings is 1. The average molecular weight is 476 g/mol. The second kappa shape index (κ2) is 10.2. The van der Waals surface area contributed by atoms with Crippen molar-refractivity contribution in [3.63, 3.8) is 0 Å². The number of nitrogens with zero attached hydrogens (tertiary/aromatic N) is 2. The molecule has 1 amide bonds. The van der Waals surface area contributed by atoms with Crippen molar-refractivity contribution < 1.29 is 9.53 Å². The lowest BCUT2D eigenvalue weighted by Gasteiger charge is -2.25. The number of aromatic nitrogens is 1. The third-order valence-corrected chi connectivity index (χ3v) is 7.34. The normalized spacial score (nSPS) is 14.8. The number of carbonyl (C=O) groups is 1. The molecule has 8 heteroatoms. The van der Waals surface area contributed by atoms with Crippen LogP contribution in [0.4, 0.5) is 0 Å². The van der Waals surface area contributed by atoms with E-state index in [1.165, 1.54) is 9.71 Å². The van der Waals surface area contributed by atoms with Crippen LogP contribution in [0.3, 0.4) is 0 Å². The molecule has 1 saturated heterocycles. The molecule has 164 valence electrons. The minimum atomic E-state index is -0.0353. The van der Waals surface area contributed by atoms with Gasteiger partial charge in [-0.25, -0.2) is 0 Å². The van der Waals surface area contributed by atoms with Crippen LogP contribution in [0.1, 0.15) is 22.9 Å². The number of nitrogens with one attached hydrogen (secondary N) is 1. The first-order valence-corrected chi connectivity index (χ1v) is 12.1. The molecule has 0 radical (unpaired) electrons. The van der Waals surface area contributed by atoms with Crippen LogP contribution in [0.25, 0.3) is 10.2 Å². The summed E-state index contributed by atoms with van der Waals surface area (Å²) in [6, 6.07) is 9.69. The molecule has 0 unspecified atom stereocenters. The topological polar surface area (TPSA) is 46.5 Å². The molecule has 3 heterocycles. The highest BCUT2D eigenvalue weighted by atomic mass is 35.5. The van der Waals surface area contributed by atoms with Crippen LogP contribution in [0.15, 0.2) is 36.5 Å². The second-order valence-electron chi connectivity index (χ2n) is 7.67. The van der Waals surface area contributed by atoms with Crippen molar-refractivity contribution >= 4 is 51.3 Å². The van der Waals surface area contributed by atoms with Crippen LogP contribution < -0.4 is 5.32 Å². The Balaban J connectivity index is 1.50. The molecule has 1 aliphatic heterocycles. The maximum atomic E-state index is 12.6. The summed E-state index contributed by atoms with van der Waals surface area (Å²) in [5, 5.41) is 4.75. The van der Waals surface area contributed by atoms with E-state index in [1.54, 1.807) is 11.3 Å². The van der Waals surface area contributed by atoms with Gasteiger partial charge in [-0.05, 0) is 36.2 Å². The van der Waals surface area contributed by atoms with Gasteiger partial charge in [0.1, 0.15) is 4.83 Å². The number of rotatable bonds is 7. The predicted octanol–water partition coefficient (Wildman–Crippen LogP) is 4.80. The molecule has 1 N–H and O–H groups in total. The molecule has 1 fully saturated rings. The van der Waals surface area contributed by atoms with Crippen molar-refractivity contribution in [1.29, 1.82) is 0 Å². The summed E-state index contributed by atoms with van der Waals surface area (Å²) in [7, 11) is 0. The first-order valence-electron chi connectivity index (χ1n) is 10.5. The van der Waals surface area contributed by atoms with Gasteiger partial charge in [-0.3, -0.25) is 9.69 Å². The number of carbonyl (C=O) groups excluding carboxylic acids is 1. The van der Waals surface area contributed by atoms with Crippen molar-refractivity contribution in [2.75, 3.05) is 26.3 Å². The summed E-state index contributed by atoms with van der Waals surface area (Å²) >= 11 is 13.5. The smallest absolute Gasteiger partial charge is 0.224 e. The summed E-state index contributed by atoms with van der Waals surface area (Å²) in [6.07, 6.45) is 2.32. The zero-order valence-corrected chi connectivity index (χ0v) is 19.9. The number of aryl methyl sites for hydroxylation is 1.